The zero-order valence-electron chi connectivity index (χ0n) is 20.2. The van der Waals surface area contributed by atoms with Gasteiger partial charge in [-0.15, -0.1) is 0 Å². The topological polar surface area (TPSA) is 43.1 Å². The molecule has 4 rings (SSSR count). The molecule has 0 atom stereocenters. The molecule has 4 aromatic rings. The van der Waals surface area contributed by atoms with Gasteiger partial charge in [-0.25, -0.2) is 13.2 Å². The van der Waals surface area contributed by atoms with E-state index in [1.54, 1.807) is 18.2 Å². The van der Waals surface area contributed by atoms with Crippen molar-refractivity contribution in [2.24, 2.45) is 0 Å². The van der Waals surface area contributed by atoms with Gasteiger partial charge in [-0.05, 0) is 71.5 Å². The van der Waals surface area contributed by atoms with Crippen LogP contribution in [0.3, 0.4) is 0 Å². The maximum absolute atomic E-state index is 14.7. The second-order valence-corrected chi connectivity index (χ2v) is 8.72. The molecule has 0 aliphatic rings. The van der Waals surface area contributed by atoms with Gasteiger partial charge in [0.25, 0.3) is 5.69 Å². The smallest absolute Gasteiger partial charge is 0.258 e. The van der Waals surface area contributed by atoms with Crippen LogP contribution in [-0.4, -0.2) is 4.92 Å². The van der Waals surface area contributed by atoms with Crippen LogP contribution in [0.2, 0.25) is 0 Å². The normalized spacial score (nSPS) is 10.6. The minimum Gasteiger partial charge on any atom is -0.258 e. The summed E-state index contributed by atoms with van der Waals surface area (Å²) >= 11 is 0. The van der Waals surface area contributed by atoms with E-state index in [0.29, 0.717) is 22.3 Å². The number of nitrogens with zero attached hydrogens (tertiary/aromatic N) is 1. The molecule has 0 heterocycles. The van der Waals surface area contributed by atoms with E-state index in [0.717, 1.165) is 43.4 Å². The lowest BCUT2D eigenvalue weighted by atomic mass is 9.98. The molecule has 37 heavy (non-hydrogen) atoms. The predicted octanol–water partition coefficient (Wildman–Crippen LogP) is 8.48. The highest BCUT2D eigenvalue weighted by molar-refractivity contribution is 5.75. The maximum Gasteiger partial charge on any atom is 0.278 e. The quantitative estimate of drug-likeness (QED) is 0.111. The van der Waals surface area contributed by atoms with Crippen LogP contribution in [0.1, 0.15) is 42.9 Å². The Morgan fingerprint density at radius 1 is 0.730 bits per heavy atom. The molecule has 0 saturated heterocycles. The Balaban J connectivity index is 1.57. The first-order chi connectivity index (χ1) is 17.9. The third-order valence-corrected chi connectivity index (χ3v) is 6.09. The largest absolute Gasteiger partial charge is 0.278 e. The molecule has 0 amide bonds. The standard InChI is InChI=1S/C31H24F3NO2/c1-2-3-4-5-21-6-10-23(11-7-21)27-16-9-22(18-31(27)35(36)37)8-12-24-13-14-25(19-29(24)33)26-15-17-28(32)30(34)20-26/h6-7,9-11,13-20H,2-5H2,1H3. The SMILES string of the molecule is CCCCCc1ccc(-c2ccc(C#Cc3ccc(-c4ccc(F)c(F)c4)cc3F)cc2[N+](=O)[O-])cc1. The van der Waals surface area contributed by atoms with Crippen LogP contribution >= 0.6 is 0 Å². The van der Waals surface area contributed by atoms with E-state index < -0.39 is 22.4 Å². The minimum atomic E-state index is -1.02. The van der Waals surface area contributed by atoms with Gasteiger partial charge in [0, 0.05) is 11.6 Å². The molecule has 0 aromatic heterocycles. The number of nitro groups is 1. The Kier molecular flexibility index (Phi) is 8.05. The van der Waals surface area contributed by atoms with Crippen molar-refractivity contribution in [1.29, 1.82) is 0 Å². The Morgan fingerprint density at radius 3 is 2.05 bits per heavy atom. The molecule has 6 heteroatoms. The van der Waals surface area contributed by atoms with Crippen molar-refractivity contribution in [3.63, 3.8) is 0 Å². The van der Waals surface area contributed by atoms with Crippen LogP contribution in [0.5, 0.6) is 0 Å². The van der Waals surface area contributed by atoms with Gasteiger partial charge in [0.2, 0.25) is 0 Å². The minimum absolute atomic E-state index is 0.0803. The number of aryl methyl sites for hydroxylation is 1. The summed E-state index contributed by atoms with van der Waals surface area (Å²) in [5.41, 5.74) is 3.49. The molecule has 3 nitrogen and oxygen atoms in total. The maximum atomic E-state index is 14.7. The van der Waals surface area contributed by atoms with Gasteiger partial charge in [0.1, 0.15) is 5.82 Å². The molecule has 0 fully saturated rings. The van der Waals surface area contributed by atoms with E-state index >= 15 is 0 Å². The lowest BCUT2D eigenvalue weighted by Gasteiger charge is -2.06. The van der Waals surface area contributed by atoms with Gasteiger partial charge < -0.3 is 0 Å². The number of unbranched alkanes of at least 4 members (excludes halogenated alkanes) is 2. The number of hydrogen-bond acceptors (Lipinski definition) is 2. The zero-order valence-corrected chi connectivity index (χ0v) is 20.2. The molecule has 0 aliphatic carbocycles. The Bertz CT molecular complexity index is 1500. The van der Waals surface area contributed by atoms with Crippen molar-refractivity contribution in [2.75, 3.05) is 0 Å². The Hall–Kier alpha value is -4.37. The van der Waals surface area contributed by atoms with Gasteiger partial charge >= 0.3 is 0 Å². The number of hydrogen-bond donors (Lipinski definition) is 0. The van der Waals surface area contributed by atoms with E-state index in [2.05, 4.69) is 18.8 Å². The number of nitro benzene ring substituents is 1. The van der Waals surface area contributed by atoms with Crippen molar-refractivity contribution in [3.05, 3.63) is 123 Å². The molecule has 0 radical (unpaired) electrons. The van der Waals surface area contributed by atoms with E-state index in [1.165, 1.54) is 29.8 Å². The fourth-order valence-electron chi connectivity index (χ4n) is 4.05. The van der Waals surface area contributed by atoms with Gasteiger partial charge in [0.05, 0.1) is 16.1 Å². The first-order valence-electron chi connectivity index (χ1n) is 12.0. The average molecular weight is 500 g/mol. The summed E-state index contributed by atoms with van der Waals surface area (Å²) in [5.74, 6) is 2.85. The lowest BCUT2D eigenvalue weighted by Crippen LogP contribution is -1.94. The summed E-state index contributed by atoms with van der Waals surface area (Å²) < 4.78 is 41.4. The first kappa shape index (κ1) is 25.7. The molecule has 0 aliphatic heterocycles. The predicted molar refractivity (Wildman–Crippen MR) is 139 cm³/mol. The van der Waals surface area contributed by atoms with Crippen molar-refractivity contribution < 1.29 is 18.1 Å². The van der Waals surface area contributed by atoms with Gasteiger partial charge in [-0.2, -0.15) is 0 Å². The lowest BCUT2D eigenvalue weighted by molar-refractivity contribution is -0.384. The molecule has 186 valence electrons. The molecular weight excluding hydrogens is 475 g/mol. The first-order valence-corrected chi connectivity index (χ1v) is 12.0. The van der Waals surface area contributed by atoms with E-state index in [1.807, 2.05) is 24.3 Å². The van der Waals surface area contributed by atoms with Crippen molar-refractivity contribution in [2.45, 2.75) is 32.6 Å². The second kappa shape index (κ2) is 11.6. The highest BCUT2D eigenvalue weighted by atomic mass is 19.2. The summed E-state index contributed by atoms with van der Waals surface area (Å²) in [7, 11) is 0. The second-order valence-electron chi connectivity index (χ2n) is 8.72. The molecular formula is C31H24F3NO2. The van der Waals surface area contributed by atoms with E-state index in [4.69, 9.17) is 0 Å². The Labute approximate surface area is 213 Å². The van der Waals surface area contributed by atoms with Crippen molar-refractivity contribution >= 4 is 5.69 Å². The monoisotopic (exact) mass is 499 g/mol. The fourth-order valence-corrected chi connectivity index (χ4v) is 4.05. The molecule has 0 saturated carbocycles. The highest BCUT2D eigenvalue weighted by Crippen LogP contribution is 2.31. The van der Waals surface area contributed by atoms with Crippen LogP contribution in [-0.2, 0) is 6.42 Å². The molecule has 0 N–H and O–H groups in total. The summed E-state index contributed by atoms with van der Waals surface area (Å²) in [5, 5.41) is 11.8. The van der Waals surface area contributed by atoms with Gasteiger partial charge in [-0.1, -0.05) is 68.0 Å². The molecule has 0 spiro atoms. The van der Waals surface area contributed by atoms with Crippen LogP contribution in [0.4, 0.5) is 18.9 Å². The summed E-state index contributed by atoms with van der Waals surface area (Å²) in [4.78, 5) is 11.3. The Morgan fingerprint density at radius 2 is 1.41 bits per heavy atom. The van der Waals surface area contributed by atoms with Crippen molar-refractivity contribution in [1.82, 2.24) is 0 Å². The van der Waals surface area contributed by atoms with E-state index in [-0.39, 0.29) is 11.3 Å². The summed E-state index contributed by atoms with van der Waals surface area (Å²) in [6, 6.07) is 20.0. The van der Waals surface area contributed by atoms with Crippen LogP contribution < -0.4 is 0 Å². The number of rotatable bonds is 7. The number of benzene rings is 4. The fraction of sp³-hybridized carbons (Fsp3) is 0.161. The van der Waals surface area contributed by atoms with Gasteiger partial charge in [-0.3, -0.25) is 10.1 Å². The third-order valence-electron chi connectivity index (χ3n) is 6.09. The average Bonchev–Trinajstić information content (AvgIpc) is 2.90. The number of halogens is 3. The zero-order chi connectivity index (χ0) is 26.4. The highest BCUT2D eigenvalue weighted by Gasteiger charge is 2.16. The van der Waals surface area contributed by atoms with Crippen LogP contribution in [0.15, 0.2) is 78.9 Å². The molecule has 0 bridgehead atoms. The van der Waals surface area contributed by atoms with Crippen molar-refractivity contribution in [3.8, 4) is 34.1 Å². The summed E-state index contributed by atoms with van der Waals surface area (Å²) in [6.45, 7) is 2.15. The molecule has 4 aromatic carbocycles. The third kappa shape index (κ3) is 6.25. The van der Waals surface area contributed by atoms with Crippen LogP contribution in [0.25, 0.3) is 22.3 Å². The van der Waals surface area contributed by atoms with E-state index in [9.17, 15) is 23.3 Å². The van der Waals surface area contributed by atoms with Gasteiger partial charge in [0.15, 0.2) is 11.6 Å². The summed E-state index contributed by atoms with van der Waals surface area (Å²) in [6.07, 6.45) is 4.40. The van der Waals surface area contributed by atoms with Crippen LogP contribution in [0, 0.1) is 39.4 Å². The molecule has 0 unspecified atom stereocenters.